The summed E-state index contributed by atoms with van der Waals surface area (Å²) in [7, 11) is 0. The number of hydrogen-bond donors (Lipinski definition) is 1. The van der Waals surface area contributed by atoms with E-state index in [4.69, 9.17) is 4.98 Å². The van der Waals surface area contributed by atoms with Crippen LogP contribution < -0.4 is 14.6 Å². The molecule has 0 saturated carbocycles. The van der Waals surface area contributed by atoms with Crippen molar-refractivity contribution in [2.24, 2.45) is 0 Å². The number of H-pyrrole nitrogens is 1. The van der Waals surface area contributed by atoms with Crippen molar-refractivity contribution in [1.82, 2.24) is 9.97 Å². The van der Waals surface area contributed by atoms with E-state index >= 15 is 0 Å². The van der Waals surface area contributed by atoms with Crippen LogP contribution in [-0.2, 0) is 0 Å². The molecule has 0 atom stereocenters. The van der Waals surface area contributed by atoms with Crippen LogP contribution in [0.4, 0.5) is 0 Å². The molecular weight excluding hydrogens is 399 g/mol. The first-order valence-corrected chi connectivity index (χ1v) is 13.8. The van der Waals surface area contributed by atoms with Gasteiger partial charge in [-0.05, 0) is 0 Å². The molecule has 0 aliphatic carbocycles. The Kier molecular flexibility index (Phi) is 4.22. The summed E-state index contributed by atoms with van der Waals surface area (Å²) in [6, 6.07) is 32.6. The van der Waals surface area contributed by atoms with Crippen molar-refractivity contribution in [3.8, 4) is 0 Å². The van der Waals surface area contributed by atoms with Gasteiger partial charge >= 0.3 is 146 Å². The van der Waals surface area contributed by atoms with Gasteiger partial charge < -0.3 is 0 Å². The van der Waals surface area contributed by atoms with Gasteiger partial charge in [0.1, 0.15) is 0 Å². The van der Waals surface area contributed by atoms with Crippen LogP contribution in [0.25, 0.3) is 0 Å². The third-order valence-electron chi connectivity index (χ3n) is 4.47. The SMILES string of the molecule is c1cc[c]([Sn]([c]2ccccc2)([c]2ccccc2)[c]2ncc[nH]2)cc1. The van der Waals surface area contributed by atoms with Crippen LogP contribution in [0.3, 0.4) is 0 Å². The zero-order valence-electron chi connectivity index (χ0n) is 13.3. The van der Waals surface area contributed by atoms with Crippen molar-refractivity contribution < 1.29 is 0 Å². The fourth-order valence-corrected chi connectivity index (χ4v) is 16.2. The molecule has 0 saturated heterocycles. The molecule has 2 nitrogen and oxygen atoms in total. The molecule has 116 valence electrons. The Bertz CT molecular complexity index is 792. The van der Waals surface area contributed by atoms with Gasteiger partial charge in [0.2, 0.25) is 0 Å². The second-order valence-corrected chi connectivity index (χ2v) is 16.4. The summed E-state index contributed by atoms with van der Waals surface area (Å²) < 4.78 is 5.34. The average Bonchev–Trinajstić information content (AvgIpc) is 3.20. The Labute approximate surface area is 146 Å². The Balaban J connectivity index is 2.12. The molecule has 3 heteroatoms. The molecule has 1 heterocycles. The van der Waals surface area contributed by atoms with Crippen molar-refractivity contribution in [1.29, 1.82) is 0 Å². The van der Waals surface area contributed by atoms with E-state index in [1.165, 1.54) is 10.7 Å². The van der Waals surface area contributed by atoms with Gasteiger partial charge in [-0.15, -0.1) is 0 Å². The molecule has 0 unspecified atom stereocenters. The minimum absolute atomic E-state index is 1.13. The second-order valence-electron chi connectivity index (χ2n) is 5.79. The normalized spacial score (nSPS) is 11.3. The molecule has 0 bridgehead atoms. The fourth-order valence-electron chi connectivity index (χ4n) is 3.44. The molecule has 1 N–H and O–H groups in total. The fraction of sp³-hybridized carbons (Fsp3) is 0. The van der Waals surface area contributed by atoms with Gasteiger partial charge in [-0.3, -0.25) is 0 Å². The summed E-state index contributed by atoms with van der Waals surface area (Å²) in [5.74, 6) is 0. The number of aromatic nitrogens is 2. The maximum absolute atomic E-state index is 4.76. The second kappa shape index (κ2) is 6.65. The third-order valence-corrected chi connectivity index (χ3v) is 17.6. The van der Waals surface area contributed by atoms with Gasteiger partial charge in [0.05, 0.1) is 0 Å². The molecule has 3 aromatic carbocycles. The van der Waals surface area contributed by atoms with Crippen LogP contribution in [0.1, 0.15) is 0 Å². The number of imidazole rings is 1. The summed E-state index contributed by atoms with van der Waals surface area (Å²) >= 11 is -3.41. The first-order chi connectivity index (χ1) is 11.9. The minimum atomic E-state index is -3.41. The quantitative estimate of drug-likeness (QED) is 0.505. The first kappa shape index (κ1) is 15.2. The summed E-state index contributed by atoms with van der Waals surface area (Å²) in [5, 5.41) is 0. The maximum atomic E-state index is 4.76. The van der Waals surface area contributed by atoms with Crippen molar-refractivity contribution >= 4 is 33.0 Å². The third kappa shape index (κ3) is 2.47. The van der Waals surface area contributed by atoms with E-state index in [0.717, 1.165) is 3.84 Å². The molecule has 0 aliphatic heterocycles. The van der Waals surface area contributed by atoms with E-state index < -0.39 is 18.4 Å². The van der Waals surface area contributed by atoms with Crippen molar-refractivity contribution in [3.05, 3.63) is 103 Å². The molecule has 4 aromatic rings. The monoisotopic (exact) mass is 418 g/mol. The number of hydrogen-bond acceptors (Lipinski definition) is 1. The molecule has 0 radical (unpaired) electrons. The predicted octanol–water partition coefficient (Wildman–Crippen LogP) is 1.79. The molecular formula is C21H18N2Sn. The number of nitrogens with one attached hydrogen (secondary N) is 1. The zero-order valence-corrected chi connectivity index (χ0v) is 16.1. The van der Waals surface area contributed by atoms with Crippen LogP contribution in [0, 0.1) is 0 Å². The summed E-state index contributed by atoms with van der Waals surface area (Å²) in [4.78, 5) is 8.21. The molecule has 24 heavy (non-hydrogen) atoms. The van der Waals surface area contributed by atoms with Gasteiger partial charge in [0.25, 0.3) is 0 Å². The van der Waals surface area contributed by atoms with Gasteiger partial charge in [-0.25, -0.2) is 0 Å². The number of benzene rings is 3. The van der Waals surface area contributed by atoms with Crippen LogP contribution in [0.5, 0.6) is 0 Å². The Morgan fingerprint density at radius 2 is 1.00 bits per heavy atom. The summed E-state index contributed by atoms with van der Waals surface area (Å²) in [6.07, 6.45) is 3.81. The first-order valence-electron chi connectivity index (χ1n) is 8.09. The van der Waals surface area contributed by atoms with Gasteiger partial charge in [0.15, 0.2) is 0 Å². The molecule has 0 amide bonds. The predicted molar refractivity (Wildman–Crippen MR) is 102 cm³/mol. The van der Waals surface area contributed by atoms with E-state index in [-0.39, 0.29) is 0 Å². The van der Waals surface area contributed by atoms with E-state index in [0.29, 0.717) is 0 Å². The average molecular weight is 417 g/mol. The van der Waals surface area contributed by atoms with Crippen LogP contribution in [0.2, 0.25) is 0 Å². The Morgan fingerprint density at radius 3 is 1.33 bits per heavy atom. The van der Waals surface area contributed by atoms with Gasteiger partial charge in [-0.1, -0.05) is 0 Å². The Morgan fingerprint density at radius 1 is 0.583 bits per heavy atom. The number of rotatable bonds is 4. The van der Waals surface area contributed by atoms with Crippen molar-refractivity contribution in [2.45, 2.75) is 0 Å². The number of aromatic amines is 1. The summed E-state index contributed by atoms with van der Waals surface area (Å²) in [6.45, 7) is 0. The van der Waals surface area contributed by atoms with Crippen LogP contribution in [-0.4, -0.2) is 28.3 Å². The van der Waals surface area contributed by atoms with Gasteiger partial charge in [0, 0.05) is 0 Å². The van der Waals surface area contributed by atoms with Crippen molar-refractivity contribution in [3.63, 3.8) is 0 Å². The molecule has 0 aliphatic rings. The van der Waals surface area contributed by atoms with E-state index in [1.54, 1.807) is 0 Å². The van der Waals surface area contributed by atoms with Crippen LogP contribution in [0.15, 0.2) is 103 Å². The Hall–Kier alpha value is -2.33. The number of nitrogens with zero attached hydrogens (tertiary/aromatic N) is 1. The topological polar surface area (TPSA) is 28.7 Å². The van der Waals surface area contributed by atoms with E-state index in [9.17, 15) is 0 Å². The molecule has 0 fully saturated rings. The zero-order chi connectivity index (χ0) is 16.2. The molecule has 1 aromatic heterocycles. The van der Waals surface area contributed by atoms with Crippen molar-refractivity contribution in [2.75, 3.05) is 0 Å². The molecule has 0 spiro atoms. The standard InChI is InChI=1S/3C6H5.C3H3N2.Sn/c3*1-2-4-6-5-3-1;1-2-5-3-4-1;/h3*1-5H;1-2H,(H,4,5);. The summed E-state index contributed by atoms with van der Waals surface area (Å²) in [5.41, 5.74) is 0. The molecule has 4 rings (SSSR count). The van der Waals surface area contributed by atoms with Crippen LogP contribution >= 0.6 is 0 Å². The van der Waals surface area contributed by atoms with E-state index in [1.807, 2.05) is 12.4 Å². The van der Waals surface area contributed by atoms with Gasteiger partial charge in [-0.2, -0.15) is 0 Å². The van der Waals surface area contributed by atoms with E-state index in [2.05, 4.69) is 96.0 Å².